The summed E-state index contributed by atoms with van der Waals surface area (Å²) in [5, 5.41) is 3.31. The van der Waals surface area contributed by atoms with Gasteiger partial charge in [-0.2, -0.15) is 0 Å². The number of aromatic nitrogens is 2. The van der Waals surface area contributed by atoms with E-state index in [2.05, 4.69) is 55.1 Å². The van der Waals surface area contributed by atoms with Crippen LogP contribution in [0, 0.1) is 27.7 Å². The molecule has 21 heavy (non-hydrogen) atoms. The molecule has 2 aromatic rings. The second-order valence-electron chi connectivity index (χ2n) is 5.26. The van der Waals surface area contributed by atoms with Crippen LogP contribution in [0.4, 0.5) is 5.82 Å². The minimum Gasteiger partial charge on any atom is -0.496 e. The van der Waals surface area contributed by atoms with Gasteiger partial charge in [-0.3, -0.25) is 0 Å². The number of nitrogens with zero attached hydrogens (tertiary/aromatic N) is 2. The van der Waals surface area contributed by atoms with Crippen molar-refractivity contribution in [2.24, 2.45) is 0 Å². The molecule has 0 aliphatic heterocycles. The lowest BCUT2D eigenvalue weighted by molar-refractivity contribution is 0.411. The first kappa shape index (κ1) is 15.3. The van der Waals surface area contributed by atoms with Crippen molar-refractivity contribution in [1.82, 2.24) is 9.97 Å². The first-order chi connectivity index (χ1) is 9.97. The average Bonchev–Trinajstić information content (AvgIpc) is 2.45. The van der Waals surface area contributed by atoms with Gasteiger partial charge in [0.2, 0.25) is 0 Å². The molecule has 0 saturated heterocycles. The van der Waals surface area contributed by atoms with Crippen LogP contribution in [0.3, 0.4) is 0 Å². The predicted octanol–water partition coefficient (Wildman–Crippen LogP) is 3.82. The summed E-state index contributed by atoms with van der Waals surface area (Å²) < 4.78 is 5.39. The summed E-state index contributed by atoms with van der Waals surface area (Å²) in [6.45, 7) is 11.0. The Labute approximate surface area is 126 Å². The summed E-state index contributed by atoms with van der Waals surface area (Å²) in [5.41, 5.74) is 5.46. The molecule has 1 aromatic carbocycles. The molecule has 0 saturated carbocycles. The molecule has 0 amide bonds. The number of hydrogen-bond donors (Lipinski definition) is 1. The lowest BCUT2D eigenvalue weighted by atomic mass is 9.99. The smallest absolute Gasteiger partial charge is 0.133 e. The molecule has 1 N–H and O–H groups in total. The molecule has 0 radical (unpaired) electrons. The maximum atomic E-state index is 5.39. The van der Waals surface area contributed by atoms with Gasteiger partial charge in [0, 0.05) is 17.7 Å². The normalized spacial score (nSPS) is 10.6. The standard InChI is InChI=1S/C17H23N3O/c1-7-18-17-12(4)16(19-13(5)20-17)14-8-11(3)15(21-6)9-10(14)2/h8-9H,7H2,1-6H3,(H,18,19,20). The van der Waals surface area contributed by atoms with Gasteiger partial charge in [0.25, 0.3) is 0 Å². The zero-order chi connectivity index (χ0) is 15.6. The van der Waals surface area contributed by atoms with Crippen molar-refractivity contribution >= 4 is 5.82 Å². The highest BCUT2D eigenvalue weighted by atomic mass is 16.5. The minimum atomic E-state index is 0.777. The van der Waals surface area contributed by atoms with Crippen molar-refractivity contribution in [2.45, 2.75) is 34.6 Å². The van der Waals surface area contributed by atoms with Crippen LogP contribution in [0.25, 0.3) is 11.3 Å². The SMILES string of the molecule is CCNc1nc(C)nc(-c2cc(C)c(OC)cc2C)c1C. The molecule has 1 aromatic heterocycles. The molecule has 1 heterocycles. The van der Waals surface area contributed by atoms with Crippen molar-refractivity contribution in [3.8, 4) is 17.0 Å². The van der Waals surface area contributed by atoms with Crippen LogP contribution in [0.5, 0.6) is 5.75 Å². The average molecular weight is 285 g/mol. The maximum absolute atomic E-state index is 5.39. The molecule has 2 rings (SSSR count). The van der Waals surface area contributed by atoms with E-state index in [1.165, 1.54) is 0 Å². The Bertz CT molecular complexity index is 666. The van der Waals surface area contributed by atoms with E-state index in [9.17, 15) is 0 Å². The third-order valence-electron chi connectivity index (χ3n) is 3.60. The zero-order valence-corrected chi connectivity index (χ0v) is 13.7. The van der Waals surface area contributed by atoms with Gasteiger partial charge in [-0.1, -0.05) is 0 Å². The number of methoxy groups -OCH3 is 1. The van der Waals surface area contributed by atoms with Crippen LogP contribution in [0.1, 0.15) is 29.4 Å². The van der Waals surface area contributed by atoms with Gasteiger partial charge in [-0.25, -0.2) is 9.97 Å². The van der Waals surface area contributed by atoms with Gasteiger partial charge in [-0.15, -0.1) is 0 Å². The Morgan fingerprint density at radius 3 is 2.38 bits per heavy atom. The first-order valence-electron chi connectivity index (χ1n) is 7.22. The fourth-order valence-electron chi connectivity index (χ4n) is 2.49. The zero-order valence-electron chi connectivity index (χ0n) is 13.7. The third kappa shape index (κ3) is 2.99. The summed E-state index contributed by atoms with van der Waals surface area (Å²) in [6.07, 6.45) is 0. The summed E-state index contributed by atoms with van der Waals surface area (Å²) >= 11 is 0. The lowest BCUT2D eigenvalue weighted by Gasteiger charge is -2.15. The molecule has 0 unspecified atom stereocenters. The van der Waals surface area contributed by atoms with Gasteiger partial charge in [0.05, 0.1) is 12.8 Å². The van der Waals surface area contributed by atoms with Gasteiger partial charge in [0.1, 0.15) is 17.4 Å². The van der Waals surface area contributed by atoms with E-state index >= 15 is 0 Å². The summed E-state index contributed by atoms with van der Waals surface area (Å²) in [7, 11) is 1.70. The van der Waals surface area contributed by atoms with E-state index in [1.54, 1.807) is 7.11 Å². The predicted molar refractivity (Wildman–Crippen MR) is 87.1 cm³/mol. The molecule has 4 nitrogen and oxygen atoms in total. The van der Waals surface area contributed by atoms with Crippen molar-refractivity contribution in [3.05, 3.63) is 34.6 Å². The Hall–Kier alpha value is -2.10. The molecule has 0 fully saturated rings. The number of hydrogen-bond acceptors (Lipinski definition) is 4. The summed E-state index contributed by atoms with van der Waals surface area (Å²) in [4.78, 5) is 9.14. The van der Waals surface area contributed by atoms with Crippen LogP contribution in [0.15, 0.2) is 12.1 Å². The molecule has 4 heteroatoms. The number of benzene rings is 1. The number of nitrogens with one attached hydrogen (secondary N) is 1. The topological polar surface area (TPSA) is 47.0 Å². The number of aryl methyl sites for hydroxylation is 3. The van der Waals surface area contributed by atoms with Crippen LogP contribution in [-0.4, -0.2) is 23.6 Å². The molecular weight excluding hydrogens is 262 g/mol. The summed E-state index contributed by atoms with van der Waals surface area (Å²) in [6, 6.07) is 4.20. The highest BCUT2D eigenvalue weighted by Gasteiger charge is 2.14. The highest BCUT2D eigenvalue weighted by molar-refractivity contribution is 5.72. The number of rotatable bonds is 4. The van der Waals surface area contributed by atoms with Crippen LogP contribution in [-0.2, 0) is 0 Å². The second-order valence-corrected chi connectivity index (χ2v) is 5.26. The van der Waals surface area contributed by atoms with Crippen LogP contribution >= 0.6 is 0 Å². The largest absolute Gasteiger partial charge is 0.496 e. The molecule has 0 spiro atoms. The lowest BCUT2D eigenvalue weighted by Crippen LogP contribution is -2.06. The van der Waals surface area contributed by atoms with Gasteiger partial charge < -0.3 is 10.1 Å². The number of anilines is 1. The van der Waals surface area contributed by atoms with E-state index in [0.29, 0.717) is 0 Å². The molecule has 0 bridgehead atoms. The Balaban J connectivity index is 2.64. The maximum Gasteiger partial charge on any atom is 0.133 e. The quantitative estimate of drug-likeness (QED) is 0.927. The fraction of sp³-hybridized carbons (Fsp3) is 0.412. The van der Waals surface area contributed by atoms with Crippen LogP contribution < -0.4 is 10.1 Å². The van der Waals surface area contributed by atoms with E-state index in [0.717, 1.165) is 51.9 Å². The first-order valence-corrected chi connectivity index (χ1v) is 7.22. The van der Waals surface area contributed by atoms with Crippen LogP contribution in [0.2, 0.25) is 0 Å². The van der Waals surface area contributed by atoms with Gasteiger partial charge >= 0.3 is 0 Å². The van der Waals surface area contributed by atoms with Crippen molar-refractivity contribution in [2.75, 3.05) is 19.0 Å². The monoisotopic (exact) mass is 285 g/mol. The molecule has 0 aliphatic carbocycles. The Kier molecular flexibility index (Phi) is 4.46. The van der Waals surface area contributed by atoms with E-state index in [4.69, 9.17) is 4.74 Å². The van der Waals surface area contributed by atoms with Gasteiger partial charge in [-0.05, 0) is 57.9 Å². The number of ether oxygens (including phenoxy) is 1. The van der Waals surface area contributed by atoms with E-state index in [1.807, 2.05) is 6.92 Å². The molecule has 112 valence electrons. The van der Waals surface area contributed by atoms with Gasteiger partial charge in [0.15, 0.2) is 0 Å². The Morgan fingerprint density at radius 2 is 1.76 bits per heavy atom. The second kappa shape index (κ2) is 6.12. The van der Waals surface area contributed by atoms with Crippen molar-refractivity contribution < 1.29 is 4.74 Å². The molecular formula is C17H23N3O. The molecule has 0 aliphatic rings. The van der Waals surface area contributed by atoms with Crippen molar-refractivity contribution in [3.63, 3.8) is 0 Å². The van der Waals surface area contributed by atoms with E-state index < -0.39 is 0 Å². The minimum absolute atomic E-state index is 0.777. The van der Waals surface area contributed by atoms with E-state index in [-0.39, 0.29) is 0 Å². The summed E-state index contributed by atoms with van der Waals surface area (Å²) in [5.74, 6) is 2.60. The van der Waals surface area contributed by atoms with Crippen molar-refractivity contribution in [1.29, 1.82) is 0 Å². The fourth-order valence-corrected chi connectivity index (χ4v) is 2.49. The highest BCUT2D eigenvalue weighted by Crippen LogP contribution is 2.32. The Morgan fingerprint density at radius 1 is 1.05 bits per heavy atom. The third-order valence-corrected chi connectivity index (χ3v) is 3.60. The molecule has 0 atom stereocenters.